The van der Waals surface area contributed by atoms with E-state index in [-0.39, 0.29) is 11.0 Å². The van der Waals surface area contributed by atoms with Crippen LogP contribution in [-0.4, -0.2) is 40.0 Å². The van der Waals surface area contributed by atoms with Crippen LogP contribution < -0.4 is 0 Å². The topological polar surface area (TPSA) is 43.7 Å². The van der Waals surface area contributed by atoms with E-state index in [9.17, 15) is 10.2 Å². The first-order chi connectivity index (χ1) is 5.71. The smallest absolute Gasteiger partial charge is 0.110 e. The molecule has 0 saturated carbocycles. The summed E-state index contributed by atoms with van der Waals surface area (Å²) >= 11 is 0. The van der Waals surface area contributed by atoms with E-state index < -0.39 is 12.3 Å². The Morgan fingerprint density at radius 1 is 1.15 bits per heavy atom. The normalized spacial score (nSPS) is 39.0. The van der Waals surface area contributed by atoms with Gasteiger partial charge >= 0.3 is 0 Å². The van der Waals surface area contributed by atoms with Crippen LogP contribution in [0.2, 0.25) is 0 Å². The number of nitrogens with zero attached hydrogens (tertiary/aromatic N) is 1. The summed E-state index contributed by atoms with van der Waals surface area (Å²) < 4.78 is 0. The molecule has 13 heavy (non-hydrogen) atoms. The number of hydrogen-bond donors (Lipinski definition) is 2. The van der Waals surface area contributed by atoms with Crippen molar-refractivity contribution in [1.29, 1.82) is 0 Å². The van der Waals surface area contributed by atoms with Crippen LogP contribution in [0.4, 0.5) is 0 Å². The van der Waals surface area contributed by atoms with E-state index in [4.69, 9.17) is 0 Å². The third-order valence-corrected chi connectivity index (χ3v) is 4.17. The Kier molecular flexibility index (Phi) is 2.48. The first kappa shape index (κ1) is 11.0. The fourth-order valence-corrected chi connectivity index (χ4v) is 1.89. The molecule has 0 aliphatic carbocycles. The van der Waals surface area contributed by atoms with Crippen LogP contribution in [0.1, 0.15) is 34.1 Å². The average Bonchev–Trinajstić information content (AvgIpc) is 2.00. The van der Waals surface area contributed by atoms with Gasteiger partial charge in [0.1, 0.15) is 6.23 Å². The van der Waals surface area contributed by atoms with E-state index >= 15 is 0 Å². The van der Waals surface area contributed by atoms with Crippen molar-refractivity contribution in [2.24, 2.45) is 5.41 Å². The zero-order valence-electron chi connectivity index (χ0n) is 9.20. The minimum absolute atomic E-state index is 0.190. The number of likely N-dealkylation sites (tertiary alicyclic amines) is 1. The lowest BCUT2D eigenvalue weighted by Gasteiger charge is -2.56. The van der Waals surface area contributed by atoms with Crippen LogP contribution in [-0.2, 0) is 0 Å². The van der Waals surface area contributed by atoms with Gasteiger partial charge in [-0.3, -0.25) is 4.90 Å². The van der Waals surface area contributed by atoms with Gasteiger partial charge in [0, 0.05) is 17.4 Å². The molecule has 3 nitrogen and oxygen atoms in total. The number of aliphatic hydroxyl groups excluding tert-OH is 2. The zero-order valence-corrected chi connectivity index (χ0v) is 9.20. The average molecular weight is 187 g/mol. The highest BCUT2D eigenvalue weighted by Crippen LogP contribution is 2.44. The Labute approximate surface area is 80.4 Å². The molecule has 1 heterocycles. The predicted octanol–water partition coefficient (Wildman–Crippen LogP) is 0.806. The van der Waals surface area contributed by atoms with Crippen molar-refractivity contribution in [3.05, 3.63) is 0 Å². The van der Waals surface area contributed by atoms with Gasteiger partial charge in [-0.2, -0.15) is 0 Å². The van der Waals surface area contributed by atoms with E-state index in [0.717, 1.165) is 0 Å². The Morgan fingerprint density at radius 2 is 1.62 bits per heavy atom. The number of piperidine rings is 1. The van der Waals surface area contributed by atoms with Crippen molar-refractivity contribution >= 4 is 0 Å². The molecule has 1 aliphatic rings. The summed E-state index contributed by atoms with van der Waals surface area (Å²) in [5.74, 6) is 0. The highest BCUT2D eigenvalue weighted by atomic mass is 16.3. The third-order valence-electron chi connectivity index (χ3n) is 4.17. The van der Waals surface area contributed by atoms with Gasteiger partial charge < -0.3 is 10.2 Å². The maximum absolute atomic E-state index is 9.87. The number of aliphatic hydroxyl groups is 2. The lowest BCUT2D eigenvalue weighted by molar-refractivity contribution is -0.182. The molecule has 2 unspecified atom stereocenters. The van der Waals surface area contributed by atoms with Crippen LogP contribution in [0.3, 0.4) is 0 Å². The Bertz CT molecular complexity index is 201. The van der Waals surface area contributed by atoms with Crippen LogP contribution in [0.25, 0.3) is 0 Å². The molecule has 2 N–H and O–H groups in total. The van der Waals surface area contributed by atoms with Gasteiger partial charge in [0.2, 0.25) is 0 Å². The molecule has 0 radical (unpaired) electrons. The van der Waals surface area contributed by atoms with Crippen molar-refractivity contribution in [3.63, 3.8) is 0 Å². The molecule has 78 valence electrons. The molecule has 0 amide bonds. The lowest BCUT2D eigenvalue weighted by atomic mass is 9.66. The quantitative estimate of drug-likeness (QED) is 0.589. The monoisotopic (exact) mass is 187 g/mol. The first-order valence-corrected chi connectivity index (χ1v) is 4.80. The van der Waals surface area contributed by atoms with Gasteiger partial charge in [-0.25, -0.2) is 0 Å². The van der Waals surface area contributed by atoms with Crippen molar-refractivity contribution in [3.8, 4) is 0 Å². The van der Waals surface area contributed by atoms with Crippen LogP contribution >= 0.6 is 0 Å². The van der Waals surface area contributed by atoms with Gasteiger partial charge in [0.15, 0.2) is 0 Å². The van der Waals surface area contributed by atoms with Crippen molar-refractivity contribution in [2.45, 2.75) is 52.0 Å². The highest BCUT2D eigenvalue weighted by Gasteiger charge is 2.51. The number of rotatable bonds is 0. The molecular formula is C10H21NO2. The van der Waals surface area contributed by atoms with Crippen LogP contribution in [0.15, 0.2) is 0 Å². The Hall–Kier alpha value is -0.120. The largest absolute Gasteiger partial charge is 0.392 e. The van der Waals surface area contributed by atoms with Gasteiger partial charge in [-0.1, -0.05) is 13.8 Å². The summed E-state index contributed by atoms with van der Waals surface area (Å²) in [5, 5.41) is 19.6. The third kappa shape index (κ3) is 1.39. The van der Waals surface area contributed by atoms with E-state index in [1.54, 1.807) is 0 Å². The van der Waals surface area contributed by atoms with Gasteiger partial charge in [0.25, 0.3) is 0 Å². The maximum atomic E-state index is 9.87. The van der Waals surface area contributed by atoms with E-state index in [1.165, 1.54) is 0 Å². The summed E-state index contributed by atoms with van der Waals surface area (Å²) in [6.07, 6.45) is -0.529. The molecule has 0 aromatic rings. The van der Waals surface area contributed by atoms with Gasteiger partial charge in [-0.05, 0) is 20.9 Å². The van der Waals surface area contributed by atoms with Crippen LogP contribution in [0, 0.1) is 5.41 Å². The van der Waals surface area contributed by atoms with Gasteiger partial charge in [0.05, 0.1) is 6.10 Å². The summed E-state index contributed by atoms with van der Waals surface area (Å²) in [7, 11) is 1.90. The fourth-order valence-electron chi connectivity index (χ4n) is 1.89. The molecule has 3 heteroatoms. The SMILES string of the molecule is CN1C(O)CC(O)C(C)(C)C1(C)C. The molecule has 1 saturated heterocycles. The second-order valence-electron chi connectivity index (χ2n) is 5.12. The minimum atomic E-state index is -0.530. The molecule has 0 spiro atoms. The molecule has 0 aromatic heterocycles. The lowest BCUT2D eigenvalue weighted by Crippen LogP contribution is -2.65. The van der Waals surface area contributed by atoms with E-state index in [0.29, 0.717) is 6.42 Å². The molecule has 1 aliphatic heterocycles. The second-order valence-corrected chi connectivity index (χ2v) is 5.12. The molecule has 0 bridgehead atoms. The second kappa shape index (κ2) is 2.94. The summed E-state index contributed by atoms with van der Waals surface area (Å²) in [4.78, 5) is 1.93. The summed E-state index contributed by atoms with van der Waals surface area (Å²) in [6.45, 7) is 8.19. The molecule has 1 fully saturated rings. The standard InChI is InChI=1S/C10H21NO2/c1-9(2)7(12)6-8(13)11(5)10(9,3)4/h7-8,12-13H,6H2,1-5H3. The van der Waals surface area contributed by atoms with Crippen molar-refractivity contribution in [2.75, 3.05) is 7.05 Å². The van der Waals surface area contributed by atoms with Gasteiger partial charge in [-0.15, -0.1) is 0 Å². The van der Waals surface area contributed by atoms with Crippen molar-refractivity contribution in [1.82, 2.24) is 4.90 Å². The first-order valence-electron chi connectivity index (χ1n) is 4.80. The minimum Gasteiger partial charge on any atom is -0.392 e. The van der Waals surface area contributed by atoms with Crippen LogP contribution in [0.5, 0.6) is 0 Å². The summed E-state index contributed by atoms with van der Waals surface area (Å²) in [6, 6.07) is 0. The fraction of sp³-hybridized carbons (Fsp3) is 1.00. The number of hydrogen-bond acceptors (Lipinski definition) is 3. The predicted molar refractivity (Wildman–Crippen MR) is 52.3 cm³/mol. The Morgan fingerprint density at radius 3 is 2.08 bits per heavy atom. The molecular weight excluding hydrogens is 166 g/mol. The maximum Gasteiger partial charge on any atom is 0.110 e. The molecule has 0 aromatic carbocycles. The highest BCUT2D eigenvalue weighted by molar-refractivity contribution is 5.03. The summed E-state index contributed by atoms with van der Waals surface area (Å²) in [5.41, 5.74) is -0.384. The van der Waals surface area contributed by atoms with E-state index in [1.807, 2.05) is 25.8 Å². The Balaban J connectivity index is 3.00. The van der Waals surface area contributed by atoms with E-state index in [2.05, 4.69) is 13.8 Å². The molecule has 1 rings (SSSR count). The van der Waals surface area contributed by atoms with Crippen molar-refractivity contribution < 1.29 is 10.2 Å². The zero-order chi connectivity index (χ0) is 10.4. The molecule has 2 atom stereocenters.